The monoisotopic (exact) mass is 220 g/mol. The SMILES string of the molecule is C=C(C)CCCNc1ccccc1[N+](=O)[O-]. The molecule has 0 saturated heterocycles. The number of hydrogen-bond acceptors (Lipinski definition) is 3. The van der Waals surface area contributed by atoms with Gasteiger partial charge >= 0.3 is 0 Å². The first-order valence-corrected chi connectivity index (χ1v) is 5.23. The minimum Gasteiger partial charge on any atom is -0.379 e. The summed E-state index contributed by atoms with van der Waals surface area (Å²) in [5.41, 5.74) is 1.83. The van der Waals surface area contributed by atoms with Crippen LogP contribution in [0.2, 0.25) is 0 Å². The van der Waals surface area contributed by atoms with Crippen molar-refractivity contribution in [1.82, 2.24) is 0 Å². The van der Waals surface area contributed by atoms with Gasteiger partial charge < -0.3 is 5.32 Å². The third-order valence-electron chi connectivity index (χ3n) is 2.20. The van der Waals surface area contributed by atoms with E-state index in [1.165, 1.54) is 6.07 Å². The molecule has 0 saturated carbocycles. The van der Waals surface area contributed by atoms with Gasteiger partial charge in [0.15, 0.2) is 0 Å². The number of anilines is 1. The van der Waals surface area contributed by atoms with Crippen LogP contribution in [0.25, 0.3) is 0 Å². The van der Waals surface area contributed by atoms with Gasteiger partial charge in [-0.1, -0.05) is 17.7 Å². The average molecular weight is 220 g/mol. The fraction of sp³-hybridized carbons (Fsp3) is 0.333. The zero-order valence-corrected chi connectivity index (χ0v) is 9.40. The first-order chi connectivity index (χ1) is 7.61. The molecule has 0 unspecified atom stereocenters. The molecule has 1 aromatic carbocycles. The number of nitrogens with zero attached hydrogens (tertiary/aromatic N) is 1. The zero-order valence-electron chi connectivity index (χ0n) is 9.40. The normalized spacial score (nSPS) is 9.81. The van der Waals surface area contributed by atoms with E-state index in [1.54, 1.807) is 18.2 Å². The Hall–Kier alpha value is -1.84. The molecule has 0 aliphatic heterocycles. The third kappa shape index (κ3) is 3.73. The second-order valence-corrected chi connectivity index (χ2v) is 3.76. The van der Waals surface area contributed by atoms with Gasteiger partial charge in [-0.3, -0.25) is 10.1 Å². The van der Waals surface area contributed by atoms with Crippen LogP contribution in [0.3, 0.4) is 0 Å². The molecular weight excluding hydrogens is 204 g/mol. The summed E-state index contributed by atoms with van der Waals surface area (Å²) in [5.74, 6) is 0. The highest BCUT2D eigenvalue weighted by Gasteiger charge is 2.10. The quantitative estimate of drug-likeness (QED) is 0.346. The lowest BCUT2D eigenvalue weighted by molar-refractivity contribution is -0.384. The summed E-state index contributed by atoms with van der Waals surface area (Å²) in [4.78, 5) is 10.3. The summed E-state index contributed by atoms with van der Waals surface area (Å²) in [6.45, 7) is 6.51. The van der Waals surface area contributed by atoms with E-state index in [0.29, 0.717) is 5.69 Å². The summed E-state index contributed by atoms with van der Waals surface area (Å²) in [5, 5.41) is 13.8. The van der Waals surface area contributed by atoms with Crippen LogP contribution in [0.1, 0.15) is 19.8 Å². The van der Waals surface area contributed by atoms with Gasteiger partial charge in [-0.2, -0.15) is 0 Å². The number of allylic oxidation sites excluding steroid dienone is 1. The Kier molecular flexibility index (Phi) is 4.51. The van der Waals surface area contributed by atoms with E-state index in [4.69, 9.17) is 0 Å². The van der Waals surface area contributed by atoms with Crippen molar-refractivity contribution in [2.24, 2.45) is 0 Å². The molecule has 0 aromatic heterocycles. The van der Waals surface area contributed by atoms with Crippen LogP contribution in [0.15, 0.2) is 36.4 Å². The maximum Gasteiger partial charge on any atom is 0.292 e. The van der Waals surface area contributed by atoms with Crippen LogP contribution in [-0.4, -0.2) is 11.5 Å². The standard InChI is InChI=1S/C12H16N2O2/c1-10(2)6-5-9-13-11-7-3-4-8-12(11)14(15)16/h3-4,7-8,13H,1,5-6,9H2,2H3. The maximum absolute atomic E-state index is 10.7. The van der Waals surface area contributed by atoms with Gasteiger partial charge in [-0.15, -0.1) is 6.58 Å². The fourth-order valence-corrected chi connectivity index (χ4v) is 1.40. The molecule has 86 valence electrons. The zero-order chi connectivity index (χ0) is 12.0. The fourth-order valence-electron chi connectivity index (χ4n) is 1.40. The predicted octanol–water partition coefficient (Wildman–Crippen LogP) is 3.36. The Morgan fingerprint density at radius 3 is 2.81 bits per heavy atom. The van der Waals surface area contributed by atoms with Gasteiger partial charge in [0.25, 0.3) is 5.69 Å². The molecular formula is C12H16N2O2. The molecule has 1 N–H and O–H groups in total. The smallest absolute Gasteiger partial charge is 0.292 e. The van der Waals surface area contributed by atoms with Gasteiger partial charge in [0.1, 0.15) is 5.69 Å². The van der Waals surface area contributed by atoms with Gasteiger partial charge in [0, 0.05) is 12.6 Å². The summed E-state index contributed by atoms with van der Waals surface area (Å²) in [6, 6.07) is 6.67. The Labute approximate surface area is 95.1 Å². The minimum atomic E-state index is -0.374. The number of rotatable bonds is 6. The van der Waals surface area contributed by atoms with E-state index in [-0.39, 0.29) is 10.6 Å². The van der Waals surface area contributed by atoms with Gasteiger partial charge in [0.05, 0.1) is 4.92 Å². The van der Waals surface area contributed by atoms with Crippen LogP contribution < -0.4 is 5.32 Å². The lowest BCUT2D eigenvalue weighted by Crippen LogP contribution is -2.04. The highest BCUT2D eigenvalue weighted by molar-refractivity contribution is 5.60. The van der Waals surface area contributed by atoms with Crippen LogP contribution in [-0.2, 0) is 0 Å². The number of nitrogens with one attached hydrogen (secondary N) is 1. The lowest BCUT2D eigenvalue weighted by Gasteiger charge is -2.06. The highest BCUT2D eigenvalue weighted by Crippen LogP contribution is 2.23. The summed E-state index contributed by atoms with van der Waals surface area (Å²) >= 11 is 0. The van der Waals surface area contributed by atoms with Crippen molar-refractivity contribution in [3.05, 3.63) is 46.5 Å². The topological polar surface area (TPSA) is 55.2 Å². The molecule has 0 aliphatic rings. The lowest BCUT2D eigenvalue weighted by atomic mass is 10.2. The van der Waals surface area contributed by atoms with Crippen molar-refractivity contribution in [3.8, 4) is 0 Å². The van der Waals surface area contributed by atoms with Crippen LogP contribution >= 0.6 is 0 Å². The molecule has 0 atom stereocenters. The summed E-state index contributed by atoms with van der Waals surface area (Å²) in [7, 11) is 0. The van der Waals surface area contributed by atoms with E-state index < -0.39 is 0 Å². The van der Waals surface area contributed by atoms with Crippen molar-refractivity contribution in [2.75, 3.05) is 11.9 Å². The number of nitro benzene ring substituents is 1. The Balaban J connectivity index is 2.53. The summed E-state index contributed by atoms with van der Waals surface area (Å²) < 4.78 is 0. The average Bonchev–Trinajstić information content (AvgIpc) is 2.24. The Morgan fingerprint density at radius 1 is 1.50 bits per heavy atom. The van der Waals surface area contributed by atoms with Crippen molar-refractivity contribution in [2.45, 2.75) is 19.8 Å². The van der Waals surface area contributed by atoms with E-state index in [9.17, 15) is 10.1 Å². The molecule has 1 rings (SSSR count). The van der Waals surface area contributed by atoms with Gasteiger partial charge in [-0.05, 0) is 25.8 Å². The summed E-state index contributed by atoms with van der Waals surface area (Å²) in [6.07, 6.45) is 1.87. The first kappa shape index (κ1) is 12.2. The molecule has 0 aliphatic carbocycles. The van der Waals surface area contributed by atoms with E-state index >= 15 is 0 Å². The highest BCUT2D eigenvalue weighted by atomic mass is 16.6. The molecule has 0 radical (unpaired) electrons. The van der Waals surface area contributed by atoms with Crippen LogP contribution in [0, 0.1) is 10.1 Å². The predicted molar refractivity (Wildman–Crippen MR) is 65.6 cm³/mol. The molecule has 0 bridgehead atoms. The molecule has 0 amide bonds. The van der Waals surface area contributed by atoms with Crippen molar-refractivity contribution >= 4 is 11.4 Å². The number of benzene rings is 1. The third-order valence-corrected chi connectivity index (χ3v) is 2.20. The second-order valence-electron chi connectivity index (χ2n) is 3.76. The van der Waals surface area contributed by atoms with Crippen LogP contribution in [0.5, 0.6) is 0 Å². The molecule has 0 fully saturated rings. The molecule has 0 heterocycles. The second kappa shape index (κ2) is 5.90. The van der Waals surface area contributed by atoms with Crippen molar-refractivity contribution in [1.29, 1.82) is 0 Å². The first-order valence-electron chi connectivity index (χ1n) is 5.23. The van der Waals surface area contributed by atoms with E-state index in [2.05, 4.69) is 11.9 Å². The van der Waals surface area contributed by atoms with Gasteiger partial charge in [0.2, 0.25) is 0 Å². The molecule has 16 heavy (non-hydrogen) atoms. The number of nitro groups is 1. The minimum absolute atomic E-state index is 0.123. The largest absolute Gasteiger partial charge is 0.379 e. The Morgan fingerprint density at radius 2 is 2.19 bits per heavy atom. The van der Waals surface area contributed by atoms with Crippen molar-refractivity contribution in [3.63, 3.8) is 0 Å². The molecule has 4 heteroatoms. The molecule has 1 aromatic rings. The molecule has 4 nitrogen and oxygen atoms in total. The van der Waals surface area contributed by atoms with E-state index in [1.807, 2.05) is 6.92 Å². The van der Waals surface area contributed by atoms with Crippen LogP contribution in [0.4, 0.5) is 11.4 Å². The van der Waals surface area contributed by atoms with Gasteiger partial charge in [-0.25, -0.2) is 0 Å². The number of hydrogen-bond donors (Lipinski definition) is 1. The number of para-hydroxylation sites is 2. The Bertz CT molecular complexity index is 388. The molecule has 0 spiro atoms. The van der Waals surface area contributed by atoms with Crippen molar-refractivity contribution < 1.29 is 4.92 Å². The van der Waals surface area contributed by atoms with E-state index in [0.717, 1.165) is 25.0 Å². The maximum atomic E-state index is 10.7.